The fraction of sp³-hybridized carbons (Fsp3) is 0.0588. The molecule has 0 aliphatic rings. The zero-order valence-electron chi connectivity index (χ0n) is 13.8. The number of hydrogen-bond donors (Lipinski definition) is 2. The Labute approximate surface area is 157 Å². The number of benzene rings is 2. The fourth-order valence-electron chi connectivity index (χ4n) is 2.63. The van der Waals surface area contributed by atoms with Crippen molar-refractivity contribution < 1.29 is 9.42 Å². The Hall–Kier alpha value is -3.46. The molecular formula is C17H14ClFN6O2. The standard InChI is InChI=1S/C17H14ClFN6O2/c18-14-5-3-6-15(19)13(14)10-24-9-11(12-4-1-2-7-16(12)24)8-21-22-17(20)23-25(26)27/h1-9H,10H2,(H3,20,22,23)/b21-8-. The quantitative estimate of drug-likeness (QED) is 0.303. The van der Waals surface area contributed by atoms with Crippen molar-refractivity contribution in [1.29, 1.82) is 0 Å². The molecule has 138 valence electrons. The summed E-state index contributed by atoms with van der Waals surface area (Å²) >= 11 is 6.12. The van der Waals surface area contributed by atoms with Crippen LogP contribution in [0.4, 0.5) is 4.39 Å². The minimum Gasteiger partial charge on any atom is -0.364 e. The van der Waals surface area contributed by atoms with Crippen molar-refractivity contribution in [2.75, 3.05) is 0 Å². The molecule has 0 spiro atoms. The number of hydrogen-bond acceptors (Lipinski definition) is 4. The van der Waals surface area contributed by atoms with Crippen molar-refractivity contribution in [2.24, 2.45) is 15.9 Å². The molecule has 8 nitrogen and oxygen atoms in total. The second kappa shape index (κ2) is 7.83. The number of halogens is 2. The van der Waals surface area contributed by atoms with Crippen LogP contribution in [0, 0.1) is 15.9 Å². The van der Waals surface area contributed by atoms with Crippen LogP contribution >= 0.6 is 11.6 Å². The molecule has 0 saturated carbocycles. The molecule has 0 aliphatic carbocycles. The smallest absolute Gasteiger partial charge is 0.275 e. The number of nitrogens with one attached hydrogen (secondary N) is 1. The van der Waals surface area contributed by atoms with E-state index in [2.05, 4.69) is 10.2 Å². The monoisotopic (exact) mass is 388 g/mol. The Kier molecular flexibility index (Phi) is 5.32. The molecule has 0 aliphatic heterocycles. The van der Waals surface area contributed by atoms with Crippen LogP contribution in [0.15, 0.2) is 58.9 Å². The maximum absolute atomic E-state index is 14.1. The molecule has 0 bridgehead atoms. The topological polar surface area (TPSA) is 111 Å². The van der Waals surface area contributed by atoms with Gasteiger partial charge in [-0.2, -0.15) is 5.10 Å². The summed E-state index contributed by atoms with van der Waals surface area (Å²) in [4.78, 5) is 10.3. The molecule has 0 amide bonds. The molecule has 0 unspecified atom stereocenters. The minimum absolute atomic E-state index is 0.230. The van der Waals surface area contributed by atoms with Gasteiger partial charge in [0, 0.05) is 33.2 Å². The third-order valence-electron chi connectivity index (χ3n) is 3.78. The Morgan fingerprint density at radius 3 is 2.85 bits per heavy atom. The van der Waals surface area contributed by atoms with E-state index in [1.165, 1.54) is 12.3 Å². The second-order valence-corrected chi connectivity index (χ2v) is 5.94. The lowest BCUT2D eigenvalue weighted by atomic mass is 10.2. The maximum Gasteiger partial charge on any atom is 0.275 e. The molecule has 3 aromatic rings. The number of nitrogens with zero attached hydrogens (tertiary/aromatic N) is 4. The number of guanidine groups is 1. The number of para-hydroxylation sites is 1. The zero-order valence-corrected chi connectivity index (χ0v) is 14.6. The first kappa shape index (κ1) is 18.3. The Morgan fingerprint density at radius 1 is 1.33 bits per heavy atom. The van der Waals surface area contributed by atoms with Gasteiger partial charge in [-0.1, -0.05) is 41.3 Å². The van der Waals surface area contributed by atoms with E-state index in [4.69, 9.17) is 17.3 Å². The normalized spacial score (nSPS) is 12.0. The van der Waals surface area contributed by atoms with Crippen molar-refractivity contribution >= 4 is 34.7 Å². The van der Waals surface area contributed by atoms with Crippen molar-refractivity contribution in [3.8, 4) is 0 Å². The summed E-state index contributed by atoms with van der Waals surface area (Å²) < 4.78 is 16.0. The Bertz CT molecular complexity index is 1040. The van der Waals surface area contributed by atoms with Crippen LogP contribution in [-0.2, 0) is 6.54 Å². The van der Waals surface area contributed by atoms with Crippen LogP contribution in [0.3, 0.4) is 0 Å². The Morgan fingerprint density at radius 2 is 2.11 bits per heavy atom. The third kappa shape index (κ3) is 4.21. The van der Waals surface area contributed by atoms with Crippen LogP contribution in [-0.4, -0.2) is 21.8 Å². The van der Waals surface area contributed by atoms with Crippen LogP contribution in [0.2, 0.25) is 5.02 Å². The van der Waals surface area contributed by atoms with Gasteiger partial charge in [0.1, 0.15) is 5.82 Å². The summed E-state index contributed by atoms with van der Waals surface area (Å²) in [6.45, 7) is 0.230. The van der Waals surface area contributed by atoms with E-state index in [0.29, 0.717) is 16.1 Å². The molecule has 3 rings (SSSR count). The van der Waals surface area contributed by atoms with E-state index < -0.39 is 16.8 Å². The predicted molar refractivity (Wildman–Crippen MR) is 102 cm³/mol. The molecule has 3 N–H and O–H groups in total. The molecule has 0 atom stereocenters. The second-order valence-electron chi connectivity index (χ2n) is 5.53. The first-order valence-electron chi connectivity index (χ1n) is 7.74. The van der Waals surface area contributed by atoms with E-state index in [1.54, 1.807) is 23.8 Å². The van der Waals surface area contributed by atoms with Gasteiger partial charge in [0.2, 0.25) is 0 Å². The van der Waals surface area contributed by atoms with Gasteiger partial charge < -0.3 is 10.3 Å². The van der Waals surface area contributed by atoms with Crippen molar-refractivity contribution in [2.45, 2.75) is 6.54 Å². The molecule has 10 heteroatoms. The van der Waals surface area contributed by atoms with Gasteiger partial charge in [0.05, 0.1) is 12.8 Å². The summed E-state index contributed by atoms with van der Waals surface area (Å²) in [5.74, 6) is -0.836. The van der Waals surface area contributed by atoms with Gasteiger partial charge in [-0.3, -0.25) is 0 Å². The lowest BCUT2D eigenvalue weighted by Crippen LogP contribution is -2.35. The van der Waals surface area contributed by atoms with E-state index in [-0.39, 0.29) is 6.54 Å². The molecule has 27 heavy (non-hydrogen) atoms. The van der Waals surface area contributed by atoms with Crippen molar-refractivity contribution in [1.82, 2.24) is 9.99 Å². The average molecular weight is 389 g/mol. The van der Waals surface area contributed by atoms with E-state index in [0.717, 1.165) is 10.9 Å². The fourth-order valence-corrected chi connectivity index (χ4v) is 2.85. The zero-order chi connectivity index (χ0) is 19.4. The van der Waals surface area contributed by atoms with Gasteiger partial charge >= 0.3 is 0 Å². The highest BCUT2D eigenvalue weighted by Crippen LogP contribution is 2.25. The van der Waals surface area contributed by atoms with Crippen molar-refractivity contribution in [3.63, 3.8) is 0 Å². The summed E-state index contributed by atoms with van der Waals surface area (Å²) in [5.41, 5.74) is 8.92. The number of hydrazine groups is 1. The van der Waals surface area contributed by atoms with E-state index in [1.807, 2.05) is 28.8 Å². The molecule has 1 heterocycles. The number of nitro groups is 1. The SMILES string of the molecule is NC(=N/N=C\c1cn(Cc2c(F)cccc2Cl)c2ccccc12)N[N+](=O)[O-]. The van der Waals surface area contributed by atoms with Gasteiger partial charge in [0.25, 0.3) is 5.96 Å². The number of nitrogens with two attached hydrogens (primary N) is 1. The average Bonchev–Trinajstić information content (AvgIpc) is 2.96. The van der Waals surface area contributed by atoms with Crippen LogP contribution in [0.1, 0.15) is 11.1 Å². The number of rotatable bonds is 5. The summed E-state index contributed by atoms with van der Waals surface area (Å²) in [6, 6.07) is 12.0. The van der Waals surface area contributed by atoms with Crippen molar-refractivity contribution in [3.05, 3.63) is 80.7 Å². The number of aromatic nitrogens is 1. The van der Waals surface area contributed by atoms with E-state index in [9.17, 15) is 14.5 Å². The van der Waals surface area contributed by atoms with Gasteiger partial charge in [-0.15, -0.1) is 5.10 Å². The molecule has 2 aromatic carbocycles. The highest BCUT2D eigenvalue weighted by atomic mass is 35.5. The summed E-state index contributed by atoms with van der Waals surface area (Å²) in [6.07, 6.45) is 3.18. The molecular weight excluding hydrogens is 375 g/mol. The highest BCUT2D eigenvalue weighted by Gasteiger charge is 2.11. The van der Waals surface area contributed by atoms with Crippen LogP contribution < -0.4 is 11.2 Å². The lowest BCUT2D eigenvalue weighted by Gasteiger charge is -2.08. The minimum atomic E-state index is -0.835. The van der Waals surface area contributed by atoms with Crippen LogP contribution in [0.25, 0.3) is 10.9 Å². The Balaban J connectivity index is 1.96. The van der Waals surface area contributed by atoms with Crippen LogP contribution in [0.5, 0.6) is 0 Å². The summed E-state index contributed by atoms with van der Waals surface area (Å²) in [5, 5.41) is 17.9. The lowest BCUT2D eigenvalue weighted by molar-refractivity contribution is -0.525. The van der Waals surface area contributed by atoms with Gasteiger partial charge in [-0.25, -0.2) is 14.5 Å². The highest BCUT2D eigenvalue weighted by molar-refractivity contribution is 6.31. The number of fused-ring (bicyclic) bond motifs is 1. The predicted octanol–water partition coefficient (Wildman–Crippen LogP) is 2.91. The van der Waals surface area contributed by atoms with E-state index >= 15 is 0 Å². The molecule has 0 saturated heterocycles. The molecule has 0 fully saturated rings. The molecule has 1 aromatic heterocycles. The third-order valence-corrected chi connectivity index (χ3v) is 4.13. The molecule has 0 radical (unpaired) electrons. The van der Waals surface area contributed by atoms with Gasteiger partial charge in [0.15, 0.2) is 5.03 Å². The largest absolute Gasteiger partial charge is 0.364 e. The first-order chi connectivity index (χ1) is 13.0. The summed E-state index contributed by atoms with van der Waals surface area (Å²) in [7, 11) is 0. The first-order valence-corrected chi connectivity index (χ1v) is 8.12. The van der Waals surface area contributed by atoms with Gasteiger partial charge in [-0.05, 0) is 18.2 Å². The maximum atomic E-state index is 14.1.